The quantitative estimate of drug-likeness (QED) is 0.471. The minimum atomic E-state index is -4.10. The molecule has 0 saturated carbocycles. The van der Waals surface area contributed by atoms with Crippen molar-refractivity contribution < 1.29 is 25.8 Å². The molecule has 0 amide bonds. The van der Waals surface area contributed by atoms with Gasteiger partial charge in [0.25, 0.3) is 10.1 Å². The normalized spacial score (nSPS) is 13.0. The first-order valence-electron chi connectivity index (χ1n) is 10.0. The Kier molecular flexibility index (Phi) is 9.48. The molecule has 33 heavy (non-hydrogen) atoms. The van der Waals surface area contributed by atoms with Gasteiger partial charge in [-0.2, -0.15) is 12.8 Å². The summed E-state index contributed by atoms with van der Waals surface area (Å²) < 4.78 is 67.7. The Balaban J connectivity index is 0.000000294. The number of rotatable bonds is 7. The van der Waals surface area contributed by atoms with Gasteiger partial charge < -0.3 is 5.73 Å². The highest BCUT2D eigenvalue weighted by atomic mass is 32.2. The summed E-state index contributed by atoms with van der Waals surface area (Å²) >= 11 is 0. The van der Waals surface area contributed by atoms with Gasteiger partial charge in [-0.1, -0.05) is 66.2 Å². The summed E-state index contributed by atoms with van der Waals surface area (Å²) in [5, 5.41) is -1.20. The van der Waals surface area contributed by atoms with Crippen LogP contribution in [0.5, 0.6) is 0 Å². The Morgan fingerprint density at radius 3 is 1.91 bits per heavy atom. The van der Waals surface area contributed by atoms with Gasteiger partial charge in [0.15, 0.2) is 0 Å². The molecule has 0 aliphatic heterocycles. The highest BCUT2D eigenvalue weighted by Crippen LogP contribution is 2.20. The number of nitrogens with two attached hydrogens (primary N) is 1. The van der Waals surface area contributed by atoms with Gasteiger partial charge in [0.2, 0.25) is 15.0 Å². The molecule has 0 bridgehead atoms. The minimum absolute atomic E-state index is 0.0666. The lowest BCUT2D eigenvalue weighted by Gasteiger charge is -2.08. The van der Waals surface area contributed by atoms with Crippen molar-refractivity contribution in [2.24, 2.45) is 5.73 Å². The molecule has 0 spiro atoms. The van der Waals surface area contributed by atoms with E-state index in [4.69, 9.17) is 10.3 Å². The number of hydrogen-bond acceptors (Lipinski definition) is 5. The van der Waals surface area contributed by atoms with E-state index >= 15 is 0 Å². The maximum Gasteiger partial charge on any atom is 0.294 e. The molecular formula is C24H26FNO5S2. The van der Waals surface area contributed by atoms with Gasteiger partial charge in [-0.15, -0.1) is 0 Å². The number of benzene rings is 3. The van der Waals surface area contributed by atoms with Crippen molar-refractivity contribution in [2.75, 3.05) is 0 Å². The van der Waals surface area contributed by atoms with E-state index in [0.29, 0.717) is 12.8 Å². The third kappa shape index (κ3) is 8.54. The lowest BCUT2D eigenvalue weighted by molar-refractivity contribution is 0.483. The fraction of sp³-hybridized carbons (Fsp3) is 0.167. The molecule has 0 unspecified atom stereocenters. The lowest BCUT2D eigenvalue weighted by atomic mass is 10.1. The van der Waals surface area contributed by atoms with Crippen LogP contribution in [0.4, 0.5) is 4.39 Å². The SMILES string of the molecule is Cc1ccc(S(=O)(=O)O)cc1.N[C@H](/C=C(/F)S(=O)(=O)c1ccccc1)CCc1ccccc1. The molecule has 0 aliphatic rings. The van der Waals surface area contributed by atoms with Crippen LogP contribution in [0, 0.1) is 6.92 Å². The first-order valence-corrected chi connectivity index (χ1v) is 12.9. The molecule has 9 heteroatoms. The molecule has 0 fully saturated rings. The van der Waals surface area contributed by atoms with Gasteiger partial charge in [0, 0.05) is 6.04 Å². The van der Waals surface area contributed by atoms with E-state index < -0.39 is 31.2 Å². The predicted molar refractivity (Wildman–Crippen MR) is 127 cm³/mol. The Labute approximate surface area is 194 Å². The standard InChI is InChI=1S/C17H18FNO2S.C7H8O3S/c18-17(22(20,21)16-9-5-2-6-10-16)13-15(19)12-11-14-7-3-1-4-8-14;1-6-2-4-7(5-3-6)11(8,9)10/h1-10,13,15H,11-12,19H2;2-5H,1H3,(H,8,9,10)/b17-13-;/t15-;/m0./s1. The molecule has 176 valence electrons. The van der Waals surface area contributed by atoms with E-state index in [1.165, 1.54) is 24.3 Å². The van der Waals surface area contributed by atoms with Crippen LogP contribution < -0.4 is 5.73 Å². The second-order valence-corrected chi connectivity index (χ2v) is 10.6. The molecule has 0 radical (unpaired) electrons. The smallest absolute Gasteiger partial charge is 0.294 e. The van der Waals surface area contributed by atoms with Gasteiger partial charge in [-0.05, 0) is 55.7 Å². The highest BCUT2D eigenvalue weighted by Gasteiger charge is 2.21. The van der Waals surface area contributed by atoms with Gasteiger partial charge in [0.1, 0.15) is 0 Å². The van der Waals surface area contributed by atoms with Crippen LogP contribution in [0.15, 0.2) is 106 Å². The third-order valence-corrected chi connectivity index (χ3v) is 6.99. The van der Waals surface area contributed by atoms with E-state index in [1.54, 1.807) is 30.3 Å². The Morgan fingerprint density at radius 1 is 0.879 bits per heavy atom. The van der Waals surface area contributed by atoms with E-state index in [9.17, 15) is 21.2 Å². The van der Waals surface area contributed by atoms with Crippen LogP contribution in [0.1, 0.15) is 17.5 Å². The summed E-state index contributed by atoms with van der Waals surface area (Å²) in [6.07, 6.45) is 2.12. The summed E-state index contributed by atoms with van der Waals surface area (Å²) in [5.41, 5.74) is 7.85. The number of halogens is 1. The zero-order chi connectivity index (χ0) is 24.5. The summed E-state index contributed by atoms with van der Waals surface area (Å²) in [4.78, 5) is -0.137. The molecule has 3 aromatic carbocycles. The highest BCUT2D eigenvalue weighted by molar-refractivity contribution is 7.95. The zero-order valence-electron chi connectivity index (χ0n) is 18.0. The average molecular weight is 492 g/mol. The van der Waals surface area contributed by atoms with Crippen molar-refractivity contribution in [2.45, 2.75) is 35.6 Å². The Bertz CT molecular complexity index is 1260. The van der Waals surface area contributed by atoms with Gasteiger partial charge in [0.05, 0.1) is 9.79 Å². The molecule has 6 nitrogen and oxygen atoms in total. The van der Waals surface area contributed by atoms with Crippen molar-refractivity contribution in [3.05, 3.63) is 107 Å². The molecular weight excluding hydrogens is 465 g/mol. The third-order valence-electron chi connectivity index (χ3n) is 4.58. The molecule has 1 atom stereocenters. The van der Waals surface area contributed by atoms with Crippen molar-refractivity contribution in [3.63, 3.8) is 0 Å². The second kappa shape index (κ2) is 11.9. The van der Waals surface area contributed by atoms with E-state index in [1.807, 2.05) is 37.3 Å². The van der Waals surface area contributed by atoms with Gasteiger partial charge in [-0.3, -0.25) is 4.55 Å². The van der Waals surface area contributed by atoms with Crippen LogP contribution >= 0.6 is 0 Å². The average Bonchev–Trinajstić information content (AvgIpc) is 2.79. The summed E-state index contributed by atoms with van der Waals surface area (Å²) in [5.74, 6) is 0. The monoisotopic (exact) mass is 491 g/mol. The predicted octanol–water partition coefficient (Wildman–Crippen LogP) is 4.47. The number of hydrogen-bond donors (Lipinski definition) is 2. The molecule has 3 N–H and O–H groups in total. The lowest BCUT2D eigenvalue weighted by Crippen LogP contribution is -2.19. The number of sulfone groups is 1. The van der Waals surface area contributed by atoms with Crippen molar-refractivity contribution in [1.82, 2.24) is 0 Å². The number of aryl methyl sites for hydroxylation is 2. The van der Waals surface area contributed by atoms with E-state index in [2.05, 4.69) is 0 Å². The maximum absolute atomic E-state index is 14.0. The van der Waals surface area contributed by atoms with E-state index in [0.717, 1.165) is 17.2 Å². The zero-order valence-corrected chi connectivity index (χ0v) is 19.6. The van der Waals surface area contributed by atoms with Crippen molar-refractivity contribution in [1.29, 1.82) is 0 Å². The van der Waals surface area contributed by atoms with Gasteiger partial charge in [-0.25, -0.2) is 8.42 Å². The maximum atomic E-state index is 14.0. The van der Waals surface area contributed by atoms with Gasteiger partial charge >= 0.3 is 0 Å². The topological polar surface area (TPSA) is 115 Å². The first-order chi connectivity index (χ1) is 15.5. The van der Waals surface area contributed by atoms with Crippen molar-refractivity contribution in [3.8, 4) is 0 Å². The Morgan fingerprint density at radius 2 is 1.39 bits per heavy atom. The first kappa shape index (κ1) is 26.4. The summed E-state index contributed by atoms with van der Waals surface area (Å²) in [6, 6.07) is 22.5. The molecule has 0 aromatic heterocycles. The summed E-state index contributed by atoms with van der Waals surface area (Å²) in [7, 11) is -8.12. The van der Waals surface area contributed by atoms with Crippen LogP contribution in [-0.2, 0) is 26.4 Å². The molecule has 0 aliphatic carbocycles. The fourth-order valence-corrected chi connectivity index (χ4v) is 4.32. The largest absolute Gasteiger partial charge is 0.324 e. The minimum Gasteiger partial charge on any atom is -0.324 e. The van der Waals surface area contributed by atoms with Crippen LogP contribution in [0.2, 0.25) is 0 Å². The molecule has 3 aromatic rings. The van der Waals surface area contributed by atoms with Crippen molar-refractivity contribution >= 4 is 20.0 Å². The molecule has 0 heterocycles. The Hall–Kier alpha value is -2.85. The second-order valence-electron chi connectivity index (χ2n) is 7.26. The molecule has 3 rings (SSSR count). The molecule has 0 saturated heterocycles. The van der Waals surface area contributed by atoms with E-state index in [-0.39, 0.29) is 9.79 Å². The van der Waals surface area contributed by atoms with Crippen LogP contribution in [0.3, 0.4) is 0 Å². The summed E-state index contributed by atoms with van der Waals surface area (Å²) in [6.45, 7) is 1.84. The van der Waals surface area contributed by atoms with Crippen LogP contribution in [-0.4, -0.2) is 27.4 Å². The van der Waals surface area contributed by atoms with Crippen LogP contribution in [0.25, 0.3) is 0 Å². The fourth-order valence-electron chi connectivity index (χ4n) is 2.74.